The Balaban J connectivity index is 0.000000134. The van der Waals surface area contributed by atoms with E-state index in [2.05, 4.69) is 425 Å². The number of aromatic nitrogens is 8. The number of fused-ring (bicyclic) bond motifs is 22. The zero-order valence-electron chi connectivity index (χ0n) is 70.0. The SMILES string of the molecule is c1ccc(-c2c3ccccc3nc3c2ccc2ccc(-c4ccc5c6ccc(-c7ccc8ccc9c(-c%10ccccc%10)c%10ccccc%10nc9c8n7)cc6c6ccccc6c5c4)nc23)cc1.c1ccc(-c2c3ccccc3nc3c2ccc2ccc(-c4ccc5ccc6c(-c7ccc8ccc9c(-c%10ccccc%10)c%10ccccc%10nc9c8n7)ccc7ccc4c5c76)nc23)cc1. The third kappa shape index (κ3) is 11.5. The number of hydrogen-bond acceptors (Lipinski definition) is 8. The smallest absolute Gasteiger partial charge is 0.0978 e. The molecule has 20 aromatic carbocycles. The number of para-hydroxylation sites is 4. The minimum Gasteiger partial charge on any atom is -0.245 e. The van der Waals surface area contributed by atoms with Crippen LogP contribution in [-0.4, -0.2) is 39.9 Å². The van der Waals surface area contributed by atoms with Crippen LogP contribution < -0.4 is 0 Å². The molecule has 0 atom stereocenters. The van der Waals surface area contributed by atoms with Crippen molar-refractivity contribution in [2.45, 2.75) is 0 Å². The average Bonchev–Trinajstić information content (AvgIpc) is 0.718. The van der Waals surface area contributed by atoms with Gasteiger partial charge in [-0.2, -0.15) is 0 Å². The Morgan fingerprint density at radius 1 is 0.123 bits per heavy atom. The van der Waals surface area contributed by atoms with Crippen molar-refractivity contribution in [2.75, 3.05) is 0 Å². The van der Waals surface area contributed by atoms with E-state index in [1.807, 2.05) is 0 Å². The van der Waals surface area contributed by atoms with Crippen molar-refractivity contribution < 1.29 is 0 Å². The van der Waals surface area contributed by atoms with Crippen molar-refractivity contribution in [2.24, 2.45) is 0 Å². The second kappa shape index (κ2) is 29.1. The van der Waals surface area contributed by atoms with Gasteiger partial charge in [-0.3, -0.25) is 0 Å². The summed E-state index contributed by atoms with van der Waals surface area (Å²) in [5, 5.41) is 27.6. The molecule has 28 aromatic rings. The summed E-state index contributed by atoms with van der Waals surface area (Å²) in [5.41, 5.74) is 28.5. The van der Waals surface area contributed by atoms with Gasteiger partial charge in [-0.1, -0.05) is 364 Å². The van der Waals surface area contributed by atoms with Gasteiger partial charge in [0.25, 0.3) is 0 Å². The van der Waals surface area contributed by atoms with Gasteiger partial charge < -0.3 is 0 Å². The molecule has 0 N–H and O–H groups in total. The Morgan fingerprint density at radius 3 is 0.669 bits per heavy atom. The minimum absolute atomic E-state index is 0.902. The largest absolute Gasteiger partial charge is 0.245 e. The van der Waals surface area contributed by atoms with Crippen molar-refractivity contribution in [3.8, 4) is 89.5 Å². The third-order valence-corrected chi connectivity index (χ3v) is 26.9. The fraction of sp³-hybridized carbons (Fsp3) is 0. The summed E-state index contributed by atoms with van der Waals surface area (Å²) in [6, 6.07) is 152. The summed E-state index contributed by atoms with van der Waals surface area (Å²) in [6.45, 7) is 0. The lowest BCUT2D eigenvalue weighted by molar-refractivity contribution is 1.39. The van der Waals surface area contributed by atoms with E-state index in [1.165, 1.54) is 109 Å². The third-order valence-electron chi connectivity index (χ3n) is 26.9. The zero-order chi connectivity index (χ0) is 85.2. The highest BCUT2D eigenvalue weighted by Crippen LogP contribution is 2.48. The number of benzene rings is 20. The van der Waals surface area contributed by atoms with E-state index < -0.39 is 0 Å². The molecule has 0 aliphatic heterocycles. The molecule has 0 bridgehead atoms. The molecule has 8 heterocycles. The van der Waals surface area contributed by atoms with Crippen LogP contribution in [0.3, 0.4) is 0 Å². The molecule has 598 valence electrons. The van der Waals surface area contributed by atoms with Gasteiger partial charge in [0, 0.05) is 109 Å². The first-order chi connectivity index (χ1) is 64.4. The van der Waals surface area contributed by atoms with E-state index in [0.29, 0.717) is 0 Å². The Labute approximate surface area is 744 Å². The highest BCUT2D eigenvalue weighted by Gasteiger charge is 2.25. The quantitative estimate of drug-likeness (QED) is 0.109. The number of nitrogens with zero attached hydrogens (tertiary/aromatic N) is 8. The standard InChI is InChI=1S/C62H36N4.C60H34N4/c1-3-13-37(14-4-1)57-47-19-9-11-21-55(47)65-61-49(57)31-23-39-27-33-53(63-59(39)61)41-25-29-45-46-30-26-42(36-52(46)44-18-8-7-17-43(44)51(45)35-41)54-34-28-40-24-32-50-58(38-15-5-2-6-16-38)48-20-10-12-22-56(48)66-62(50)60(40)64-54;1-3-11-35(12-4-1)53-45-15-7-9-17-49(45)63-59-47(53)31-23-39-25-33-51(61-57(39)59)41-27-19-37-22-30-44-42(28-20-38-21-29-43(41)55(37)56(38)44)52-34-26-40-24-32-48-54(36-13-5-2-6-14-36)46-16-8-10-18-50(46)64-60(48)58(40)62-52/h1-36H;1-34H. The summed E-state index contributed by atoms with van der Waals surface area (Å²) in [5.74, 6) is 0. The van der Waals surface area contributed by atoms with Crippen LogP contribution in [0.4, 0.5) is 0 Å². The molecule has 0 saturated heterocycles. The Hall–Kier alpha value is -17.5. The Kier molecular flexibility index (Phi) is 16.3. The summed E-state index contributed by atoms with van der Waals surface area (Å²) in [7, 11) is 0. The van der Waals surface area contributed by atoms with Gasteiger partial charge in [-0.25, -0.2) is 39.9 Å². The van der Waals surface area contributed by atoms with Gasteiger partial charge in [0.2, 0.25) is 0 Å². The number of hydrogen-bond donors (Lipinski definition) is 0. The van der Waals surface area contributed by atoms with E-state index in [1.54, 1.807) is 0 Å². The highest BCUT2D eigenvalue weighted by atomic mass is 14.8. The van der Waals surface area contributed by atoms with Crippen LogP contribution in [0.5, 0.6) is 0 Å². The van der Waals surface area contributed by atoms with Crippen molar-refractivity contribution >= 4 is 195 Å². The highest BCUT2D eigenvalue weighted by molar-refractivity contribution is 6.30. The van der Waals surface area contributed by atoms with E-state index in [4.69, 9.17) is 39.9 Å². The van der Waals surface area contributed by atoms with Gasteiger partial charge >= 0.3 is 0 Å². The van der Waals surface area contributed by atoms with Gasteiger partial charge in [0.1, 0.15) is 0 Å². The second-order valence-electron chi connectivity index (χ2n) is 34.1. The van der Waals surface area contributed by atoms with Crippen molar-refractivity contribution in [1.82, 2.24) is 39.9 Å². The molecule has 0 aliphatic carbocycles. The zero-order valence-corrected chi connectivity index (χ0v) is 70.0. The van der Waals surface area contributed by atoms with Gasteiger partial charge in [0.15, 0.2) is 0 Å². The van der Waals surface area contributed by atoms with Crippen molar-refractivity contribution in [3.05, 3.63) is 425 Å². The summed E-state index contributed by atoms with van der Waals surface area (Å²) >= 11 is 0. The molecular formula is C122H70N8. The van der Waals surface area contributed by atoms with E-state index in [0.717, 1.165) is 176 Å². The minimum atomic E-state index is 0.902. The first kappa shape index (κ1) is 72.9. The van der Waals surface area contributed by atoms with E-state index in [9.17, 15) is 0 Å². The monoisotopic (exact) mass is 1650 g/mol. The molecule has 0 fully saturated rings. The molecule has 8 aromatic heterocycles. The van der Waals surface area contributed by atoms with Crippen molar-refractivity contribution in [1.29, 1.82) is 0 Å². The normalized spacial score (nSPS) is 12.0. The predicted octanol–water partition coefficient (Wildman–Crippen LogP) is 32.1. The van der Waals surface area contributed by atoms with Gasteiger partial charge in [-0.15, -0.1) is 0 Å². The van der Waals surface area contributed by atoms with Crippen LogP contribution in [0, 0.1) is 0 Å². The molecule has 0 amide bonds. The fourth-order valence-electron chi connectivity index (χ4n) is 21.0. The number of pyridine rings is 8. The van der Waals surface area contributed by atoms with E-state index in [-0.39, 0.29) is 0 Å². The van der Waals surface area contributed by atoms with Crippen LogP contribution in [0.15, 0.2) is 425 Å². The first-order valence-corrected chi connectivity index (χ1v) is 44.3. The van der Waals surface area contributed by atoms with Gasteiger partial charge in [0.05, 0.1) is 89.0 Å². The first-order valence-electron chi connectivity index (χ1n) is 44.3. The topological polar surface area (TPSA) is 103 Å². The van der Waals surface area contributed by atoms with Gasteiger partial charge in [-0.05, 0) is 148 Å². The summed E-state index contributed by atoms with van der Waals surface area (Å²) < 4.78 is 0. The molecule has 0 aliphatic rings. The van der Waals surface area contributed by atoms with Crippen LogP contribution in [-0.2, 0) is 0 Å². The predicted molar refractivity (Wildman–Crippen MR) is 545 cm³/mol. The second-order valence-corrected chi connectivity index (χ2v) is 34.1. The van der Waals surface area contributed by atoms with Crippen LogP contribution >= 0.6 is 0 Å². The Bertz CT molecular complexity index is 9110. The maximum absolute atomic E-state index is 5.48. The molecule has 0 saturated carbocycles. The summed E-state index contributed by atoms with van der Waals surface area (Å²) in [4.78, 5) is 42.9. The molecule has 0 spiro atoms. The van der Waals surface area contributed by atoms with Crippen LogP contribution in [0.2, 0.25) is 0 Å². The van der Waals surface area contributed by atoms with Crippen LogP contribution in [0.1, 0.15) is 0 Å². The summed E-state index contributed by atoms with van der Waals surface area (Å²) in [6.07, 6.45) is 0. The van der Waals surface area contributed by atoms with E-state index >= 15 is 0 Å². The fourth-order valence-corrected chi connectivity index (χ4v) is 21.0. The number of rotatable bonds is 8. The molecule has 130 heavy (non-hydrogen) atoms. The van der Waals surface area contributed by atoms with Crippen LogP contribution in [0.25, 0.3) is 285 Å². The molecule has 8 heteroatoms. The lowest BCUT2D eigenvalue weighted by Crippen LogP contribution is -1.95. The average molecular weight is 1650 g/mol. The molecule has 0 radical (unpaired) electrons. The molecule has 8 nitrogen and oxygen atoms in total. The maximum atomic E-state index is 5.48. The van der Waals surface area contributed by atoms with Crippen molar-refractivity contribution in [3.63, 3.8) is 0 Å². The lowest BCUT2D eigenvalue weighted by Gasteiger charge is -2.17. The molecular weight excluding hydrogens is 1580 g/mol. The Morgan fingerprint density at radius 2 is 0.354 bits per heavy atom. The lowest BCUT2D eigenvalue weighted by atomic mass is 9.88. The maximum Gasteiger partial charge on any atom is 0.0978 e. The molecule has 0 unspecified atom stereocenters. The molecule has 28 rings (SSSR count).